The van der Waals surface area contributed by atoms with E-state index in [4.69, 9.17) is 5.73 Å². The van der Waals surface area contributed by atoms with Gasteiger partial charge in [-0.05, 0) is 26.7 Å². The van der Waals surface area contributed by atoms with E-state index in [9.17, 15) is 4.79 Å². The summed E-state index contributed by atoms with van der Waals surface area (Å²) in [5.41, 5.74) is 5.70. The lowest BCUT2D eigenvalue weighted by molar-refractivity contribution is -0.133. The molecule has 0 aromatic rings. The summed E-state index contributed by atoms with van der Waals surface area (Å²) in [6.07, 6.45) is 2.39. The lowest BCUT2D eigenvalue weighted by Crippen LogP contribution is -2.53. The maximum Gasteiger partial charge on any atom is 0.236 e. The molecule has 5 heteroatoms. The Labute approximate surface area is 116 Å². The number of likely N-dealkylation sites (N-methyl/N-ethyl adjacent to an activating group) is 1. The zero-order valence-corrected chi connectivity index (χ0v) is 12.3. The van der Waals surface area contributed by atoms with Crippen molar-refractivity contribution in [3.05, 3.63) is 0 Å². The monoisotopic (exact) mass is 268 g/mol. The van der Waals surface area contributed by atoms with Crippen molar-refractivity contribution in [2.75, 3.05) is 45.8 Å². The third kappa shape index (κ3) is 3.91. The summed E-state index contributed by atoms with van der Waals surface area (Å²) in [5.74, 6) is 0.310. The van der Waals surface area contributed by atoms with Crippen molar-refractivity contribution in [2.24, 2.45) is 5.73 Å². The second kappa shape index (κ2) is 6.68. The number of carbonyl (C=O) groups is 1. The normalized spacial score (nSPS) is 23.3. The summed E-state index contributed by atoms with van der Waals surface area (Å²) >= 11 is 0. The molecule has 1 heterocycles. The van der Waals surface area contributed by atoms with Gasteiger partial charge in [0.05, 0.1) is 6.54 Å². The molecule has 0 aromatic carbocycles. The zero-order valence-electron chi connectivity index (χ0n) is 12.3. The Kier molecular flexibility index (Phi) is 5.19. The van der Waals surface area contributed by atoms with Crippen molar-refractivity contribution in [3.8, 4) is 0 Å². The molecule has 0 spiro atoms. The topological polar surface area (TPSA) is 52.8 Å². The molecule has 110 valence electrons. The van der Waals surface area contributed by atoms with Crippen LogP contribution in [0, 0.1) is 0 Å². The van der Waals surface area contributed by atoms with Gasteiger partial charge in [-0.3, -0.25) is 14.6 Å². The molecule has 19 heavy (non-hydrogen) atoms. The number of hydrogen-bond donors (Lipinski definition) is 1. The van der Waals surface area contributed by atoms with Crippen molar-refractivity contribution in [1.82, 2.24) is 14.7 Å². The van der Waals surface area contributed by atoms with Crippen LogP contribution in [0.4, 0.5) is 0 Å². The van der Waals surface area contributed by atoms with Gasteiger partial charge >= 0.3 is 0 Å². The van der Waals surface area contributed by atoms with Crippen LogP contribution in [0.15, 0.2) is 0 Å². The minimum absolute atomic E-state index is 0.310. The zero-order chi connectivity index (χ0) is 13.8. The molecule has 1 aliphatic carbocycles. The second-order valence-electron chi connectivity index (χ2n) is 5.81. The molecular formula is C14H28N4O. The fourth-order valence-corrected chi connectivity index (χ4v) is 2.82. The van der Waals surface area contributed by atoms with Gasteiger partial charge in [0, 0.05) is 51.4 Å². The Balaban J connectivity index is 1.74. The highest BCUT2D eigenvalue weighted by Gasteiger charge is 2.32. The highest BCUT2D eigenvalue weighted by molar-refractivity contribution is 5.78. The molecule has 1 amide bonds. The quantitative estimate of drug-likeness (QED) is 0.734. The van der Waals surface area contributed by atoms with Gasteiger partial charge in [0.2, 0.25) is 5.91 Å². The number of amides is 1. The molecule has 2 aliphatic rings. The molecule has 1 saturated heterocycles. The maximum atomic E-state index is 12.2. The van der Waals surface area contributed by atoms with Gasteiger partial charge in [-0.2, -0.15) is 0 Å². The standard InChI is InChI=1S/C14H28N4O/c1-3-18(13-4-5-13)14(19)11-16-6-8-17(9-7-16)12(2)10-15/h12-13H,3-11,15H2,1-2H3. The minimum Gasteiger partial charge on any atom is -0.339 e. The molecule has 0 aromatic heterocycles. The lowest BCUT2D eigenvalue weighted by Gasteiger charge is -2.38. The number of carbonyl (C=O) groups excluding carboxylic acids is 1. The summed E-state index contributed by atoms with van der Waals surface area (Å²) in [5, 5.41) is 0. The van der Waals surface area contributed by atoms with Gasteiger partial charge < -0.3 is 10.6 Å². The molecule has 1 saturated carbocycles. The van der Waals surface area contributed by atoms with Crippen molar-refractivity contribution < 1.29 is 4.79 Å². The first-order valence-corrected chi connectivity index (χ1v) is 7.61. The van der Waals surface area contributed by atoms with Crippen molar-refractivity contribution >= 4 is 5.91 Å². The van der Waals surface area contributed by atoms with Crippen LogP contribution in [0.1, 0.15) is 26.7 Å². The summed E-state index contributed by atoms with van der Waals surface area (Å²) in [6.45, 7) is 10.4. The third-order valence-electron chi connectivity index (χ3n) is 4.38. The highest BCUT2D eigenvalue weighted by Crippen LogP contribution is 2.26. The Morgan fingerprint density at radius 3 is 2.42 bits per heavy atom. The molecule has 5 nitrogen and oxygen atoms in total. The predicted octanol–water partition coefficient (Wildman–Crippen LogP) is -0.0379. The molecule has 1 aliphatic heterocycles. The summed E-state index contributed by atoms with van der Waals surface area (Å²) in [4.78, 5) is 19.0. The van der Waals surface area contributed by atoms with E-state index >= 15 is 0 Å². The summed E-state index contributed by atoms with van der Waals surface area (Å²) < 4.78 is 0. The summed E-state index contributed by atoms with van der Waals surface area (Å²) in [6, 6.07) is 0.993. The molecule has 2 rings (SSSR count). The van der Waals surface area contributed by atoms with Crippen LogP contribution < -0.4 is 5.73 Å². The first kappa shape index (κ1) is 14.8. The molecule has 1 unspecified atom stereocenters. The van der Waals surface area contributed by atoms with E-state index in [1.165, 1.54) is 12.8 Å². The van der Waals surface area contributed by atoms with E-state index in [0.29, 0.717) is 31.1 Å². The van der Waals surface area contributed by atoms with Crippen molar-refractivity contribution in [3.63, 3.8) is 0 Å². The average Bonchev–Trinajstić information content (AvgIpc) is 3.24. The Bertz CT molecular complexity index is 298. The average molecular weight is 268 g/mol. The summed E-state index contributed by atoms with van der Waals surface area (Å²) in [7, 11) is 0. The maximum absolute atomic E-state index is 12.2. The van der Waals surface area contributed by atoms with E-state index in [0.717, 1.165) is 32.7 Å². The number of nitrogens with two attached hydrogens (primary N) is 1. The molecule has 2 fully saturated rings. The molecule has 0 radical (unpaired) electrons. The van der Waals surface area contributed by atoms with Gasteiger partial charge in [-0.25, -0.2) is 0 Å². The van der Waals surface area contributed by atoms with Crippen molar-refractivity contribution in [1.29, 1.82) is 0 Å². The molecule has 2 N–H and O–H groups in total. The molecular weight excluding hydrogens is 240 g/mol. The fourth-order valence-electron chi connectivity index (χ4n) is 2.82. The van der Waals surface area contributed by atoms with Crippen LogP contribution in [0.2, 0.25) is 0 Å². The van der Waals surface area contributed by atoms with Crippen molar-refractivity contribution in [2.45, 2.75) is 38.8 Å². The minimum atomic E-state index is 0.310. The van der Waals surface area contributed by atoms with Crippen LogP contribution in [0.3, 0.4) is 0 Å². The second-order valence-corrected chi connectivity index (χ2v) is 5.81. The van der Waals surface area contributed by atoms with Crippen LogP contribution >= 0.6 is 0 Å². The smallest absolute Gasteiger partial charge is 0.236 e. The van der Waals surface area contributed by atoms with Crippen LogP contribution in [0.25, 0.3) is 0 Å². The van der Waals surface area contributed by atoms with Crippen LogP contribution in [-0.4, -0.2) is 78.5 Å². The Hall–Kier alpha value is -0.650. The van der Waals surface area contributed by atoms with E-state index in [1.807, 2.05) is 0 Å². The molecule has 0 bridgehead atoms. The Morgan fingerprint density at radius 1 is 1.32 bits per heavy atom. The number of piperazine rings is 1. The van der Waals surface area contributed by atoms with Gasteiger partial charge in [0.15, 0.2) is 0 Å². The predicted molar refractivity (Wildman–Crippen MR) is 76.9 cm³/mol. The van der Waals surface area contributed by atoms with Crippen LogP contribution in [-0.2, 0) is 4.79 Å². The molecule has 1 atom stereocenters. The van der Waals surface area contributed by atoms with E-state index in [1.54, 1.807) is 0 Å². The Morgan fingerprint density at radius 2 is 1.95 bits per heavy atom. The third-order valence-corrected chi connectivity index (χ3v) is 4.38. The number of nitrogens with zero attached hydrogens (tertiary/aromatic N) is 3. The SMILES string of the molecule is CCN(C(=O)CN1CCN(C(C)CN)CC1)C1CC1. The van der Waals surface area contributed by atoms with Crippen LogP contribution in [0.5, 0.6) is 0 Å². The fraction of sp³-hybridized carbons (Fsp3) is 0.929. The van der Waals surface area contributed by atoms with E-state index in [2.05, 4.69) is 28.5 Å². The largest absolute Gasteiger partial charge is 0.339 e. The first-order chi connectivity index (χ1) is 9.15. The van der Waals surface area contributed by atoms with Gasteiger partial charge in [-0.15, -0.1) is 0 Å². The number of rotatable bonds is 6. The van der Waals surface area contributed by atoms with Gasteiger partial charge in [0.25, 0.3) is 0 Å². The first-order valence-electron chi connectivity index (χ1n) is 7.61. The highest BCUT2D eigenvalue weighted by atomic mass is 16.2. The van der Waals surface area contributed by atoms with Gasteiger partial charge in [-0.1, -0.05) is 0 Å². The lowest BCUT2D eigenvalue weighted by atomic mass is 10.2. The van der Waals surface area contributed by atoms with Gasteiger partial charge in [0.1, 0.15) is 0 Å². The van der Waals surface area contributed by atoms with E-state index in [-0.39, 0.29) is 0 Å². The van der Waals surface area contributed by atoms with E-state index < -0.39 is 0 Å². The number of hydrogen-bond acceptors (Lipinski definition) is 4.